The monoisotopic (exact) mass is 298 g/mol. The second-order valence-corrected chi connectivity index (χ2v) is 4.47. The minimum absolute atomic E-state index is 0.0779. The summed E-state index contributed by atoms with van der Waals surface area (Å²) >= 11 is 3.45. The van der Waals surface area contributed by atoms with Crippen LogP contribution in [0.25, 0.3) is 5.69 Å². The maximum absolute atomic E-state index is 12.8. The van der Waals surface area contributed by atoms with E-state index >= 15 is 0 Å². The lowest BCUT2D eigenvalue weighted by atomic mass is 10.2. The molecule has 0 bridgehead atoms. The fraction of sp³-hybridized carbons (Fsp3) is 0.250. The van der Waals surface area contributed by atoms with Gasteiger partial charge in [0.2, 0.25) is 0 Å². The smallest absolute Gasteiger partial charge is 0.123 e. The van der Waals surface area contributed by atoms with Gasteiger partial charge >= 0.3 is 0 Å². The molecule has 2 rings (SSSR count). The molecule has 0 amide bonds. The first-order valence-electron chi connectivity index (χ1n) is 5.24. The predicted octanol–water partition coefficient (Wildman–Crippen LogP) is 2.62. The third-order valence-corrected chi connectivity index (χ3v) is 3.37. The molecule has 17 heavy (non-hydrogen) atoms. The molecular weight excluding hydrogens is 287 g/mol. The minimum atomic E-state index is -0.274. The molecule has 0 spiro atoms. The number of benzene rings is 1. The SMILES string of the molecule is Cc1nn(-c2ccc(F)cc2)c(Br)c1CCO. The van der Waals surface area contributed by atoms with Crippen molar-refractivity contribution in [1.29, 1.82) is 0 Å². The Bertz CT molecular complexity index is 522. The number of aliphatic hydroxyl groups is 1. The first-order chi connectivity index (χ1) is 8.13. The highest BCUT2D eigenvalue weighted by atomic mass is 79.9. The summed E-state index contributed by atoms with van der Waals surface area (Å²) in [5.41, 5.74) is 2.61. The number of aryl methyl sites for hydroxylation is 1. The van der Waals surface area contributed by atoms with Crippen LogP contribution in [0.15, 0.2) is 28.9 Å². The van der Waals surface area contributed by atoms with Crippen molar-refractivity contribution in [3.8, 4) is 5.69 Å². The molecule has 2 aromatic rings. The highest BCUT2D eigenvalue weighted by molar-refractivity contribution is 9.10. The lowest BCUT2D eigenvalue weighted by molar-refractivity contribution is 0.299. The fourth-order valence-electron chi connectivity index (χ4n) is 1.68. The Hall–Kier alpha value is -1.20. The standard InChI is InChI=1S/C12H12BrFN2O/c1-8-11(6-7-17)12(13)16(15-8)10-4-2-9(14)3-5-10/h2-5,17H,6-7H2,1H3. The zero-order valence-corrected chi connectivity index (χ0v) is 10.9. The number of aromatic nitrogens is 2. The van der Waals surface area contributed by atoms with Gasteiger partial charge < -0.3 is 5.11 Å². The van der Waals surface area contributed by atoms with Gasteiger partial charge in [0.15, 0.2) is 0 Å². The lowest BCUT2D eigenvalue weighted by Gasteiger charge is -2.03. The minimum Gasteiger partial charge on any atom is -0.396 e. The summed E-state index contributed by atoms with van der Waals surface area (Å²) in [6.45, 7) is 1.96. The molecule has 3 nitrogen and oxygen atoms in total. The van der Waals surface area contributed by atoms with E-state index in [1.54, 1.807) is 16.8 Å². The summed E-state index contributed by atoms with van der Waals surface area (Å²) in [4.78, 5) is 0. The Morgan fingerprint density at radius 1 is 1.35 bits per heavy atom. The Kier molecular flexibility index (Phi) is 3.59. The molecule has 0 radical (unpaired) electrons. The second-order valence-electron chi connectivity index (χ2n) is 3.72. The third-order valence-electron chi connectivity index (χ3n) is 2.55. The summed E-state index contributed by atoms with van der Waals surface area (Å²) in [6.07, 6.45) is 0.549. The molecule has 90 valence electrons. The molecule has 1 aromatic carbocycles. The molecule has 5 heteroatoms. The first-order valence-corrected chi connectivity index (χ1v) is 6.03. The fourth-order valence-corrected chi connectivity index (χ4v) is 2.45. The Labute approximate surface area is 107 Å². The van der Waals surface area contributed by atoms with E-state index in [1.807, 2.05) is 6.92 Å². The topological polar surface area (TPSA) is 38.0 Å². The van der Waals surface area contributed by atoms with E-state index in [-0.39, 0.29) is 12.4 Å². The summed E-state index contributed by atoms with van der Waals surface area (Å²) < 4.78 is 15.3. The molecule has 0 fully saturated rings. The summed E-state index contributed by atoms with van der Waals surface area (Å²) in [6, 6.07) is 6.11. The second kappa shape index (κ2) is 4.98. The molecule has 1 aromatic heterocycles. The number of hydrogen-bond acceptors (Lipinski definition) is 2. The van der Waals surface area contributed by atoms with Gasteiger partial charge in [-0.25, -0.2) is 9.07 Å². The van der Waals surface area contributed by atoms with Crippen LogP contribution in [0.4, 0.5) is 4.39 Å². The van der Waals surface area contributed by atoms with Crippen molar-refractivity contribution < 1.29 is 9.50 Å². The van der Waals surface area contributed by atoms with Crippen LogP contribution in [0.2, 0.25) is 0 Å². The van der Waals surface area contributed by atoms with Gasteiger partial charge in [0.05, 0.1) is 11.4 Å². The van der Waals surface area contributed by atoms with Gasteiger partial charge in [-0.1, -0.05) is 0 Å². The molecule has 0 aliphatic rings. The van der Waals surface area contributed by atoms with Crippen molar-refractivity contribution in [3.63, 3.8) is 0 Å². The van der Waals surface area contributed by atoms with Gasteiger partial charge in [-0.15, -0.1) is 0 Å². The van der Waals surface area contributed by atoms with Crippen molar-refractivity contribution in [2.75, 3.05) is 6.61 Å². The number of rotatable bonds is 3. The van der Waals surface area contributed by atoms with Crippen LogP contribution >= 0.6 is 15.9 Å². The van der Waals surface area contributed by atoms with Gasteiger partial charge in [-0.3, -0.25) is 0 Å². The molecule has 0 unspecified atom stereocenters. The van der Waals surface area contributed by atoms with Crippen LogP contribution < -0.4 is 0 Å². The van der Waals surface area contributed by atoms with Crippen molar-refractivity contribution in [3.05, 3.63) is 45.9 Å². The molecule has 1 heterocycles. The van der Waals surface area contributed by atoms with Crippen LogP contribution in [0.3, 0.4) is 0 Å². The van der Waals surface area contributed by atoms with E-state index in [0.717, 1.165) is 21.5 Å². The highest BCUT2D eigenvalue weighted by Crippen LogP contribution is 2.24. The summed E-state index contributed by atoms with van der Waals surface area (Å²) in [7, 11) is 0. The largest absolute Gasteiger partial charge is 0.396 e. The van der Waals surface area contributed by atoms with Crippen molar-refractivity contribution >= 4 is 15.9 Å². The molecule has 1 N–H and O–H groups in total. The van der Waals surface area contributed by atoms with E-state index in [1.165, 1.54) is 12.1 Å². The van der Waals surface area contributed by atoms with E-state index in [9.17, 15) is 4.39 Å². The molecule has 0 aliphatic heterocycles. The van der Waals surface area contributed by atoms with Gasteiger partial charge in [0, 0.05) is 18.6 Å². The molecule has 0 atom stereocenters. The molecular formula is C12H12BrFN2O. The van der Waals surface area contributed by atoms with Gasteiger partial charge in [-0.05, 0) is 47.1 Å². The van der Waals surface area contributed by atoms with Crippen LogP contribution in [0.5, 0.6) is 0 Å². The average Bonchev–Trinajstić information content (AvgIpc) is 2.59. The number of aliphatic hydroxyl groups excluding tert-OH is 1. The van der Waals surface area contributed by atoms with Crippen molar-refractivity contribution in [2.45, 2.75) is 13.3 Å². The molecule has 0 saturated heterocycles. The highest BCUT2D eigenvalue weighted by Gasteiger charge is 2.13. The normalized spacial score (nSPS) is 10.8. The first kappa shape index (κ1) is 12.3. The van der Waals surface area contributed by atoms with E-state index in [4.69, 9.17) is 5.11 Å². The maximum Gasteiger partial charge on any atom is 0.123 e. The van der Waals surface area contributed by atoms with Crippen LogP contribution in [-0.4, -0.2) is 21.5 Å². The van der Waals surface area contributed by atoms with E-state index < -0.39 is 0 Å². The van der Waals surface area contributed by atoms with Crippen LogP contribution in [0.1, 0.15) is 11.3 Å². The number of hydrogen-bond donors (Lipinski definition) is 1. The molecule has 0 aliphatic carbocycles. The van der Waals surface area contributed by atoms with E-state index in [2.05, 4.69) is 21.0 Å². The quantitative estimate of drug-likeness (QED) is 0.946. The van der Waals surface area contributed by atoms with Gasteiger partial charge in [0.1, 0.15) is 10.4 Å². The van der Waals surface area contributed by atoms with Gasteiger partial charge in [0.25, 0.3) is 0 Å². The number of halogens is 2. The third kappa shape index (κ3) is 2.40. The van der Waals surface area contributed by atoms with Gasteiger partial charge in [-0.2, -0.15) is 5.10 Å². The summed E-state index contributed by atoms with van der Waals surface area (Å²) in [5.74, 6) is -0.274. The molecule has 0 saturated carbocycles. The summed E-state index contributed by atoms with van der Waals surface area (Å²) in [5, 5.41) is 13.3. The van der Waals surface area contributed by atoms with Crippen molar-refractivity contribution in [1.82, 2.24) is 9.78 Å². The zero-order valence-electron chi connectivity index (χ0n) is 9.32. The Balaban J connectivity index is 2.46. The van der Waals surface area contributed by atoms with E-state index in [0.29, 0.717) is 6.42 Å². The maximum atomic E-state index is 12.8. The zero-order chi connectivity index (χ0) is 12.4. The predicted molar refractivity (Wildman–Crippen MR) is 66.7 cm³/mol. The Morgan fingerprint density at radius 3 is 2.59 bits per heavy atom. The lowest BCUT2D eigenvalue weighted by Crippen LogP contribution is -1.97. The van der Waals surface area contributed by atoms with Crippen LogP contribution in [-0.2, 0) is 6.42 Å². The Morgan fingerprint density at radius 2 is 2.00 bits per heavy atom. The van der Waals surface area contributed by atoms with Crippen LogP contribution in [0, 0.1) is 12.7 Å². The average molecular weight is 299 g/mol. The number of nitrogens with zero attached hydrogens (tertiary/aromatic N) is 2. The van der Waals surface area contributed by atoms with Crippen molar-refractivity contribution in [2.24, 2.45) is 0 Å².